The molecule has 0 aliphatic rings. The first-order valence-electron chi connectivity index (χ1n) is 6.04. The Balaban J connectivity index is 3.54. The Morgan fingerprint density at radius 1 is 1.10 bits per heavy atom. The first-order chi connectivity index (χ1) is 9.00. The van der Waals surface area contributed by atoms with Crippen molar-refractivity contribution in [3.63, 3.8) is 0 Å². The molecule has 0 radical (unpaired) electrons. The van der Waals surface area contributed by atoms with E-state index in [2.05, 4.69) is 0 Å². The zero-order valence-corrected chi connectivity index (χ0v) is 12.9. The number of hydrogen-bond donors (Lipinski definition) is 0. The molecule has 0 aliphatic heterocycles. The van der Waals surface area contributed by atoms with Gasteiger partial charge in [-0.2, -0.15) is 13.2 Å². The van der Waals surface area contributed by atoms with E-state index in [4.69, 9.17) is 11.6 Å². The Morgan fingerprint density at radius 3 is 2.00 bits per heavy atom. The maximum atomic E-state index is 12.7. The molecule has 1 aromatic carbocycles. The largest absolute Gasteiger partial charge is 0.501 e. The molecule has 0 aliphatic carbocycles. The van der Waals surface area contributed by atoms with Crippen molar-refractivity contribution >= 4 is 21.4 Å². The molecule has 114 valence electrons. The van der Waals surface area contributed by atoms with Gasteiger partial charge in [0.1, 0.15) is 0 Å². The van der Waals surface area contributed by atoms with E-state index in [9.17, 15) is 21.6 Å². The first kappa shape index (κ1) is 17.3. The van der Waals surface area contributed by atoms with Gasteiger partial charge in [-0.25, -0.2) is 8.42 Å². The fourth-order valence-corrected chi connectivity index (χ4v) is 3.71. The van der Waals surface area contributed by atoms with Crippen molar-refractivity contribution in [3.8, 4) is 0 Å². The lowest BCUT2D eigenvalue weighted by Crippen LogP contribution is -2.27. The summed E-state index contributed by atoms with van der Waals surface area (Å²) in [6.45, 7) is 5.23. The first-order valence-corrected chi connectivity index (χ1v) is 7.96. The molecule has 0 fully saturated rings. The van der Waals surface area contributed by atoms with E-state index < -0.39 is 31.5 Å². The van der Waals surface area contributed by atoms with Crippen molar-refractivity contribution in [1.82, 2.24) is 0 Å². The van der Waals surface area contributed by atoms with E-state index in [0.29, 0.717) is 0 Å². The van der Waals surface area contributed by atoms with Crippen LogP contribution >= 0.6 is 11.6 Å². The molecule has 0 N–H and O–H groups in total. The Hall–Kier alpha value is -0.750. The predicted molar refractivity (Wildman–Crippen MR) is 72.6 cm³/mol. The summed E-state index contributed by atoms with van der Waals surface area (Å²) in [5.74, 6) is -0.572. The van der Waals surface area contributed by atoms with E-state index >= 15 is 0 Å². The second-order valence-electron chi connectivity index (χ2n) is 4.93. The van der Waals surface area contributed by atoms with Gasteiger partial charge in [-0.15, -0.1) is 11.6 Å². The highest BCUT2D eigenvalue weighted by atomic mass is 35.5. The number of alkyl halides is 4. The number of rotatable bonds is 4. The Kier molecular flexibility index (Phi) is 5.13. The van der Waals surface area contributed by atoms with Gasteiger partial charge in [-0.1, -0.05) is 32.0 Å². The minimum absolute atomic E-state index is 0.0907. The van der Waals surface area contributed by atoms with Crippen LogP contribution < -0.4 is 0 Å². The fraction of sp³-hybridized carbons (Fsp3) is 0.538. The molecular weight excluding hydrogens is 313 g/mol. The van der Waals surface area contributed by atoms with Crippen LogP contribution in [0.15, 0.2) is 29.2 Å². The second kappa shape index (κ2) is 5.93. The average Bonchev–Trinajstić information content (AvgIpc) is 2.26. The third kappa shape index (κ3) is 3.28. The Morgan fingerprint density at radius 2 is 1.60 bits per heavy atom. The van der Waals surface area contributed by atoms with Gasteiger partial charge in [-0.05, 0) is 24.5 Å². The van der Waals surface area contributed by atoms with Crippen LogP contribution in [0.2, 0.25) is 0 Å². The molecule has 20 heavy (non-hydrogen) atoms. The van der Waals surface area contributed by atoms with Crippen LogP contribution in [0, 0.1) is 5.92 Å². The molecular formula is C13H16ClF3O2S. The summed E-state index contributed by atoms with van der Waals surface area (Å²) in [7, 11) is -5.38. The van der Waals surface area contributed by atoms with Crippen LogP contribution in [-0.2, 0) is 9.84 Å². The fourth-order valence-electron chi connectivity index (χ4n) is 2.26. The van der Waals surface area contributed by atoms with Crippen molar-refractivity contribution in [2.75, 3.05) is 0 Å². The highest BCUT2D eigenvalue weighted by Gasteiger charge is 2.48. The van der Waals surface area contributed by atoms with Crippen LogP contribution in [-0.4, -0.2) is 19.3 Å². The smallest absolute Gasteiger partial charge is 0.214 e. The molecule has 0 saturated carbocycles. The summed E-state index contributed by atoms with van der Waals surface area (Å²) in [5, 5.41) is -0.486. The molecule has 2 unspecified atom stereocenters. The summed E-state index contributed by atoms with van der Waals surface area (Å²) in [5.41, 5.74) is -5.21. The van der Waals surface area contributed by atoms with E-state index in [1.54, 1.807) is 20.8 Å². The third-order valence-electron chi connectivity index (χ3n) is 3.09. The zero-order valence-electron chi connectivity index (χ0n) is 11.3. The Labute approximate surface area is 121 Å². The maximum absolute atomic E-state index is 12.7. The van der Waals surface area contributed by atoms with Gasteiger partial charge >= 0.3 is 5.51 Å². The van der Waals surface area contributed by atoms with Crippen molar-refractivity contribution < 1.29 is 21.6 Å². The summed E-state index contributed by atoms with van der Waals surface area (Å²) >= 11 is 6.03. The summed E-state index contributed by atoms with van der Waals surface area (Å²) < 4.78 is 61.5. The van der Waals surface area contributed by atoms with Gasteiger partial charge in [0.15, 0.2) is 0 Å². The molecule has 7 heteroatoms. The van der Waals surface area contributed by atoms with Crippen LogP contribution in [0.1, 0.15) is 32.3 Å². The molecule has 0 bridgehead atoms. The standard InChI is InChI=1S/C13H16ClF3O2S/c1-8(2)12(9(3)14)10-6-4-5-7-11(10)20(18,19)13(15,16)17/h4-9,12H,1-3H3. The summed E-state index contributed by atoms with van der Waals surface area (Å²) in [6, 6.07) is 5.16. The highest BCUT2D eigenvalue weighted by molar-refractivity contribution is 7.92. The van der Waals surface area contributed by atoms with Gasteiger partial charge in [0.25, 0.3) is 9.84 Å². The van der Waals surface area contributed by atoms with E-state index in [1.165, 1.54) is 18.2 Å². The topological polar surface area (TPSA) is 34.1 Å². The molecule has 0 aromatic heterocycles. The lowest BCUT2D eigenvalue weighted by atomic mass is 9.86. The van der Waals surface area contributed by atoms with Crippen molar-refractivity contribution in [3.05, 3.63) is 29.8 Å². The van der Waals surface area contributed by atoms with E-state index in [-0.39, 0.29) is 11.5 Å². The van der Waals surface area contributed by atoms with Crippen LogP contribution in [0.5, 0.6) is 0 Å². The molecule has 0 amide bonds. The van der Waals surface area contributed by atoms with E-state index in [0.717, 1.165) is 6.07 Å². The Bertz CT molecular complexity index is 557. The molecule has 1 rings (SSSR count). The average molecular weight is 329 g/mol. The van der Waals surface area contributed by atoms with Crippen LogP contribution in [0.4, 0.5) is 13.2 Å². The monoisotopic (exact) mass is 328 g/mol. The van der Waals surface area contributed by atoms with Gasteiger partial charge in [0.05, 0.1) is 4.90 Å². The van der Waals surface area contributed by atoms with Gasteiger partial charge in [0.2, 0.25) is 0 Å². The summed E-state index contributed by atoms with van der Waals surface area (Å²) in [6.07, 6.45) is 0. The predicted octanol–water partition coefficient (Wildman–Crippen LogP) is 4.35. The minimum Gasteiger partial charge on any atom is -0.214 e. The summed E-state index contributed by atoms with van der Waals surface area (Å²) in [4.78, 5) is -0.710. The van der Waals surface area contributed by atoms with Crippen molar-refractivity contribution in [2.45, 2.75) is 42.5 Å². The van der Waals surface area contributed by atoms with Crippen molar-refractivity contribution in [1.29, 1.82) is 0 Å². The molecule has 2 nitrogen and oxygen atoms in total. The molecule has 0 saturated heterocycles. The normalized spacial score (nSPS) is 16.2. The minimum atomic E-state index is -5.38. The second-order valence-corrected chi connectivity index (χ2v) is 7.53. The van der Waals surface area contributed by atoms with Gasteiger partial charge in [0, 0.05) is 11.3 Å². The number of hydrogen-bond acceptors (Lipinski definition) is 2. The molecule has 0 spiro atoms. The lowest BCUT2D eigenvalue weighted by Gasteiger charge is -2.26. The van der Waals surface area contributed by atoms with Crippen LogP contribution in [0.25, 0.3) is 0 Å². The molecule has 2 atom stereocenters. The van der Waals surface area contributed by atoms with Gasteiger partial charge in [-0.3, -0.25) is 0 Å². The molecule has 1 aromatic rings. The SMILES string of the molecule is CC(C)C(c1ccccc1S(=O)(=O)C(F)(F)F)C(C)Cl. The number of benzene rings is 1. The lowest BCUT2D eigenvalue weighted by molar-refractivity contribution is -0.0436. The quantitative estimate of drug-likeness (QED) is 0.770. The zero-order chi connectivity index (χ0) is 15.7. The van der Waals surface area contributed by atoms with Crippen LogP contribution in [0.3, 0.4) is 0 Å². The van der Waals surface area contributed by atoms with E-state index in [1.807, 2.05) is 0 Å². The maximum Gasteiger partial charge on any atom is 0.501 e. The van der Waals surface area contributed by atoms with Crippen molar-refractivity contribution in [2.24, 2.45) is 5.92 Å². The molecule has 0 heterocycles. The third-order valence-corrected chi connectivity index (χ3v) is 4.92. The number of sulfone groups is 1. The number of halogens is 4. The van der Waals surface area contributed by atoms with Gasteiger partial charge < -0.3 is 0 Å². The highest BCUT2D eigenvalue weighted by Crippen LogP contribution is 2.39.